The Morgan fingerprint density at radius 2 is 1.05 bits per heavy atom. The van der Waals surface area contributed by atoms with E-state index >= 15 is 0 Å². The summed E-state index contributed by atoms with van der Waals surface area (Å²) in [5.41, 5.74) is 6.33. The van der Waals surface area contributed by atoms with E-state index < -0.39 is 15.3 Å². The van der Waals surface area contributed by atoms with Crippen LogP contribution in [0.25, 0.3) is 28.2 Å². The number of rotatable bonds is 6. The van der Waals surface area contributed by atoms with Gasteiger partial charge in [0.05, 0.1) is 0 Å². The van der Waals surface area contributed by atoms with Crippen molar-refractivity contribution in [2.24, 2.45) is 0 Å². The van der Waals surface area contributed by atoms with Crippen molar-refractivity contribution in [3.63, 3.8) is 0 Å². The van der Waals surface area contributed by atoms with Gasteiger partial charge in [-0.15, -0.1) is 9.36 Å². The van der Waals surface area contributed by atoms with Gasteiger partial charge in [0.2, 0.25) is 5.69 Å². The zero-order chi connectivity index (χ0) is 28.0. The molecule has 0 bridgehead atoms. The Labute approximate surface area is 228 Å². The second-order valence-corrected chi connectivity index (χ2v) is 14.0. The Kier molecular flexibility index (Phi) is 8.55. The van der Waals surface area contributed by atoms with E-state index in [1.807, 2.05) is 0 Å². The summed E-state index contributed by atoms with van der Waals surface area (Å²) in [5, 5.41) is 2.92. The quantitative estimate of drug-likeness (QED) is 0.121. The summed E-state index contributed by atoms with van der Waals surface area (Å²) in [5.74, 6) is 0. The van der Waals surface area contributed by atoms with Gasteiger partial charge in [0.15, 0.2) is 6.54 Å². The van der Waals surface area contributed by atoms with E-state index in [0.717, 1.165) is 6.54 Å². The van der Waals surface area contributed by atoms with Crippen LogP contribution in [0.5, 0.6) is 0 Å². The molecule has 2 nitrogen and oxygen atoms in total. The maximum atomic E-state index is 9.75. The lowest BCUT2D eigenvalue weighted by Gasteiger charge is -2.23. The van der Waals surface area contributed by atoms with Crippen LogP contribution in [0.2, 0.25) is 13.1 Å². The summed E-state index contributed by atoms with van der Waals surface area (Å²) >= 11 is 0. The topological polar surface area (TPSA) is 8.81 Å². The molecule has 0 N–H and O–H groups in total. The summed E-state index contributed by atoms with van der Waals surface area (Å²) in [6, 6.07) is 43.7. The molecule has 8 heteroatoms. The van der Waals surface area contributed by atoms with Crippen molar-refractivity contribution in [1.29, 1.82) is 0 Å². The molecule has 0 unspecified atom stereocenters. The molecule has 0 aliphatic carbocycles. The molecule has 1 heterocycles. The normalized spacial score (nSPS) is 11.6. The summed E-state index contributed by atoms with van der Waals surface area (Å²) in [4.78, 5) is 0. The van der Waals surface area contributed by atoms with E-state index in [1.54, 1.807) is 0 Å². The number of benzene rings is 4. The van der Waals surface area contributed by atoms with Crippen molar-refractivity contribution in [1.82, 2.24) is 4.68 Å². The molecule has 4 aromatic carbocycles. The smallest absolute Gasteiger partial charge is 0.418 e. The van der Waals surface area contributed by atoms with E-state index in [1.165, 1.54) is 38.6 Å². The van der Waals surface area contributed by atoms with Crippen molar-refractivity contribution in [2.75, 3.05) is 0 Å². The third kappa shape index (κ3) is 6.40. The van der Waals surface area contributed by atoms with Crippen molar-refractivity contribution < 1.29 is 21.9 Å². The minimum atomic E-state index is -6.00. The van der Waals surface area contributed by atoms with Gasteiger partial charge in [-0.1, -0.05) is 115 Å². The summed E-state index contributed by atoms with van der Waals surface area (Å²) in [6.45, 7) is 8.11. The summed E-state index contributed by atoms with van der Waals surface area (Å²) < 4.78 is 43.9. The maximum Gasteiger partial charge on any atom is 0.673 e. The number of hydrogen-bond donors (Lipinski definition) is 0. The van der Waals surface area contributed by atoms with E-state index in [0.29, 0.717) is 0 Å². The van der Waals surface area contributed by atoms with Gasteiger partial charge in [0, 0.05) is 16.3 Å². The predicted octanol–water partition coefficient (Wildman–Crippen LogP) is 7.24. The van der Waals surface area contributed by atoms with Crippen LogP contribution in [0, 0.1) is 0 Å². The molecule has 1 aromatic heterocycles. The third-order valence-electron chi connectivity index (χ3n) is 6.70. The number of para-hydroxylation sites is 1. The highest BCUT2D eigenvalue weighted by atomic mass is 28.3. The molecule has 39 heavy (non-hydrogen) atoms. The number of aromatic nitrogens is 2. The van der Waals surface area contributed by atoms with Crippen LogP contribution < -0.4 is 15.1 Å². The molecule has 5 aromatic rings. The van der Waals surface area contributed by atoms with Gasteiger partial charge in [0.25, 0.3) is 0 Å². The van der Waals surface area contributed by atoms with E-state index in [4.69, 9.17) is 0 Å². The minimum absolute atomic E-state index is 0.873. The van der Waals surface area contributed by atoms with E-state index in [2.05, 4.69) is 151 Å². The number of nitrogens with zero attached hydrogens (tertiary/aromatic N) is 2. The Balaban J connectivity index is 0.000000648. The second-order valence-electron chi connectivity index (χ2n) is 9.65. The van der Waals surface area contributed by atoms with E-state index in [-0.39, 0.29) is 0 Å². The fourth-order valence-corrected chi connectivity index (χ4v) is 8.07. The van der Waals surface area contributed by atoms with Gasteiger partial charge in [-0.2, -0.15) is 0 Å². The maximum absolute atomic E-state index is 9.75. The van der Waals surface area contributed by atoms with Crippen LogP contribution in [0.3, 0.4) is 0 Å². The fraction of sp³-hybridized carbons (Fsp3) is 0.129. The van der Waals surface area contributed by atoms with Crippen LogP contribution in [-0.2, 0) is 6.54 Å². The molecule has 5 rings (SSSR count). The van der Waals surface area contributed by atoms with Crippen molar-refractivity contribution in [3.05, 3.63) is 121 Å². The lowest BCUT2D eigenvalue weighted by atomic mass is 10.1. The van der Waals surface area contributed by atoms with Crippen LogP contribution in [0.1, 0.15) is 6.92 Å². The number of hydrogen-bond acceptors (Lipinski definition) is 0. The van der Waals surface area contributed by atoms with Gasteiger partial charge >= 0.3 is 7.25 Å². The Morgan fingerprint density at radius 1 is 0.641 bits per heavy atom. The lowest BCUT2D eigenvalue weighted by Crippen LogP contribution is -2.55. The highest BCUT2D eigenvalue weighted by Gasteiger charge is 2.42. The summed E-state index contributed by atoms with van der Waals surface area (Å²) in [7, 11) is -8.11. The monoisotopic (exact) mass is 546 g/mol. The first-order valence-corrected chi connectivity index (χ1v) is 15.9. The Bertz CT molecular complexity index is 1480. The molecule has 0 amide bonds. The molecule has 200 valence electrons. The molecule has 0 saturated carbocycles. The van der Waals surface area contributed by atoms with Crippen LogP contribution in [0.15, 0.2) is 121 Å². The highest BCUT2D eigenvalue weighted by molar-refractivity contribution is 7.01. The first kappa shape index (κ1) is 28.1. The molecule has 0 aliphatic heterocycles. The largest absolute Gasteiger partial charge is 0.673 e. The van der Waals surface area contributed by atoms with Gasteiger partial charge < -0.3 is 17.3 Å². The summed E-state index contributed by atoms with van der Waals surface area (Å²) in [6.07, 6.45) is 0. The zero-order valence-corrected chi connectivity index (χ0v) is 23.2. The molecular weight excluding hydrogens is 515 g/mol. The van der Waals surface area contributed by atoms with Crippen molar-refractivity contribution >= 4 is 25.7 Å². The van der Waals surface area contributed by atoms with Gasteiger partial charge in [-0.3, -0.25) is 0 Å². The first-order valence-electron chi connectivity index (χ1n) is 12.9. The van der Waals surface area contributed by atoms with E-state index in [9.17, 15) is 17.3 Å². The van der Waals surface area contributed by atoms with Crippen molar-refractivity contribution in [2.45, 2.75) is 26.6 Å². The molecule has 0 atom stereocenters. The van der Waals surface area contributed by atoms with Crippen LogP contribution in [0.4, 0.5) is 17.3 Å². The molecule has 0 aliphatic rings. The Hall–Kier alpha value is -3.91. The average Bonchev–Trinajstić information content (AvgIpc) is 3.30. The number of halogens is 4. The second kappa shape index (κ2) is 11.9. The lowest BCUT2D eigenvalue weighted by molar-refractivity contribution is -0.752. The minimum Gasteiger partial charge on any atom is -0.418 e. The molecule has 0 saturated heterocycles. The SMILES string of the molecule is CC[n+]1c(-c2ccccc2)c([Si](C)(C)c2ccccc2)c(-c2ccccc2)n1-c1ccccc1.F[B-](F)(F)F. The average molecular weight is 546 g/mol. The Morgan fingerprint density at radius 3 is 1.51 bits per heavy atom. The van der Waals surface area contributed by atoms with Crippen LogP contribution in [-0.4, -0.2) is 20.0 Å². The molecule has 0 radical (unpaired) electrons. The van der Waals surface area contributed by atoms with Crippen LogP contribution >= 0.6 is 0 Å². The van der Waals surface area contributed by atoms with Crippen molar-refractivity contribution in [3.8, 4) is 28.2 Å². The zero-order valence-electron chi connectivity index (χ0n) is 22.2. The third-order valence-corrected chi connectivity index (χ3v) is 10.2. The fourth-order valence-electron chi connectivity index (χ4n) is 5.05. The van der Waals surface area contributed by atoms with Gasteiger partial charge in [0.1, 0.15) is 19.5 Å². The van der Waals surface area contributed by atoms with Gasteiger partial charge in [-0.25, -0.2) is 0 Å². The molecular formula is C31H31BF4N2Si. The predicted molar refractivity (Wildman–Crippen MR) is 156 cm³/mol. The standard InChI is InChI=1S/C31H31N2Si.BF4/c1-4-32-29(25-17-9-5-10-18-25)31(34(2,3)28-23-15-8-16-24-28)30(26-19-11-6-12-20-26)33(32)27-21-13-7-14-22-27;2-1(3,4)5/h5-24H,4H2,1-3H3;/q+1;-1. The molecule has 0 spiro atoms. The highest BCUT2D eigenvalue weighted by Crippen LogP contribution is 2.29. The first-order chi connectivity index (χ1) is 18.6. The van der Waals surface area contributed by atoms with Gasteiger partial charge in [-0.05, 0) is 31.2 Å². The molecule has 0 fully saturated rings.